The number of rotatable bonds is 8. The van der Waals surface area contributed by atoms with Gasteiger partial charge in [-0.3, -0.25) is 14.6 Å². The molecular formula is C24H31N7O4. The molecule has 3 aromatic heterocycles. The molecule has 11 nitrogen and oxygen atoms in total. The first kappa shape index (κ1) is 24.5. The van der Waals surface area contributed by atoms with E-state index in [0.717, 1.165) is 18.6 Å². The van der Waals surface area contributed by atoms with Gasteiger partial charge in [-0.1, -0.05) is 0 Å². The molecule has 1 aliphatic rings. The molecule has 0 unspecified atom stereocenters. The maximum absolute atomic E-state index is 13.7. The van der Waals surface area contributed by atoms with E-state index in [-0.39, 0.29) is 36.8 Å². The Morgan fingerprint density at radius 3 is 2.63 bits per heavy atom. The van der Waals surface area contributed by atoms with Crippen LogP contribution in [0.1, 0.15) is 51.0 Å². The fourth-order valence-corrected chi connectivity index (χ4v) is 3.99. The van der Waals surface area contributed by atoms with Crippen molar-refractivity contribution in [3.05, 3.63) is 48.0 Å². The summed E-state index contributed by atoms with van der Waals surface area (Å²) in [4.78, 5) is 34.0. The summed E-state index contributed by atoms with van der Waals surface area (Å²) in [6, 6.07) is 6.17. The zero-order valence-electron chi connectivity index (χ0n) is 20.5. The Bertz CT molecular complexity index is 1150. The Balaban J connectivity index is 1.62. The second-order valence-corrected chi connectivity index (χ2v) is 9.66. The molecule has 2 amide bonds. The SMILES string of the molecule is Cc1ccc(-c2nnn(CC(=O)N(C[C@H]3CCCO3)[C@H](C(=O)NC(C)(C)C)c3ccncc3)n2)o1. The number of aryl methyl sites for hydroxylation is 1. The van der Waals surface area contributed by atoms with Gasteiger partial charge in [0, 0.05) is 31.1 Å². The molecule has 2 atom stereocenters. The van der Waals surface area contributed by atoms with Crippen molar-refractivity contribution in [2.45, 2.75) is 64.8 Å². The van der Waals surface area contributed by atoms with Crippen LogP contribution >= 0.6 is 0 Å². The van der Waals surface area contributed by atoms with Gasteiger partial charge in [-0.15, -0.1) is 10.2 Å². The zero-order valence-corrected chi connectivity index (χ0v) is 20.5. The van der Waals surface area contributed by atoms with E-state index in [1.54, 1.807) is 41.6 Å². The Kier molecular flexibility index (Phi) is 7.25. The predicted molar refractivity (Wildman–Crippen MR) is 126 cm³/mol. The number of hydrogen-bond donors (Lipinski definition) is 1. The number of aromatic nitrogens is 5. The lowest BCUT2D eigenvalue weighted by atomic mass is 10.0. The molecule has 0 spiro atoms. The van der Waals surface area contributed by atoms with Crippen molar-refractivity contribution in [3.63, 3.8) is 0 Å². The third-order valence-corrected chi connectivity index (χ3v) is 5.52. The molecule has 35 heavy (non-hydrogen) atoms. The first-order valence-electron chi connectivity index (χ1n) is 11.7. The van der Waals surface area contributed by atoms with E-state index >= 15 is 0 Å². The third-order valence-electron chi connectivity index (χ3n) is 5.52. The van der Waals surface area contributed by atoms with Crippen LogP contribution in [0.2, 0.25) is 0 Å². The van der Waals surface area contributed by atoms with Crippen molar-refractivity contribution < 1.29 is 18.7 Å². The van der Waals surface area contributed by atoms with Crippen LogP contribution in [0.5, 0.6) is 0 Å². The summed E-state index contributed by atoms with van der Waals surface area (Å²) in [5.74, 6) is 0.865. The van der Waals surface area contributed by atoms with Crippen molar-refractivity contribution in [1.82, 2.24) is 35.4 Å². The molecule has 11 heteroatoms. The Hall–Kier alpha value is -3.60. The van der Waals surface area contributed by atoms with Gasteiger partial charge in [-0.05, 0) is 75.6 Å². The summed E-state index contributed by atoms with van der Waals surface area (Å²) in [7, 11) is 0. The topological polar surface area (TPSA) is 128 Å². The Labute approximate surface area is 203 Å². The van der Waals surface area contributed by atoms with Crippen molar-refractivity contribution >= 4 is 11.8 Å². The lowest BCUT2D eigenvalue weighted by Gasteiger charge is -2.34. The molecule has 1 fully saturated rings. The quantitative estimate of drug-likeness (QED) is 0.519. The second kappa shape index (κ2) is 10.3. The van der Waals surface area contributed by atoms with Gasteiger partial charge in [-0.2, -0.15) is 4.80 Å². The number of hydrogen-bond acceptors (Lipinski definition) is 8. The standard InChI is InChI=1S/C24H31N7O4/c1-16-7-8-19(35-16)22-27-29-31(28-22)15-20(32)30(14-18-6-5-13-34-18)21(17-9-11-25-12-10-17)23(33)26-24(2,3)4/h7-12,18,21H,5-6,13-15H2,1-4H3,(H,26,33)/t18-,21+/m1/s1. The van der Waals surface area contributed by atoms with Crippen LogP contribution in [0.15, 0.2) is 41.1 Å². The minimum Gasteiger partial charge on any atom is -0.458 e. The van der Waals surface area contributed by atoms with Gasteiger partial charge < -0.3 is 19.4 Å². The minimum atomic E-state index is -0.871. The molecule has 0 aliphatic carbocycles. The molecular weight excluding hydrogens is 450 g/mol. The molecule has 0 bridgehead atoms. The van der Waals surface area contributed by atoms with Crippen molar-refractivity contribution in [2.24, 2.45) is 0 Å². The number of tetrazole rings is 1. The van der Waals surface area contributed by atoms with Gasteiger partial charge in [-0.25, -0.2) is 0 Å². The van der Waals surface area contributed by atoms with E-state index in [9.17, 15) is 9.59 Å². The monoisotopic (exact) mass is 481 g/mol. The maximum atomic E-state index is 13.7. The minimum absolute atomic E-state index is 0.156. The molecule has 186 valence electrons. The van der Waals surface area contributed by atoms with E-state index in [4.69, 9.17) is 9.15 Å². The van der Waals surface area contributed by atoms with Gasteiger partial charge >= 0.3 is 0 Å². The van der Waals surface area contributed by atoms with Crippen LogP contribution in [0.4, 0.5) is 0 Å². The average Bonchev–Trinajstić information content (AvgIpc) is 3.55. The zero-order chi connectivity index (χ0) is 25.0. The summed E-state index contributed by atoms with van der Waals surface area (Å²) >= 11 is 0. The highest BCUT2D eigenvalue weighted by molar-refractivity contribution is 5.89. The molecule has 4 rings (SSSR count). The van der Waals surface area contributed by atoms with Crippen molar-refractivity contribution in [3.8, 4) is 11.6 Å². The molecule has 0 aromatic carbocycles. The van der Waals surface area contributed by atoms with Crippen LogP contribution in [0.3, 0.4) is 0 Å². The Morgan fingerprint density at radius 1 is 1.23 bits per heavy atom. The number of carbonyl (C=O) groups excluding carboxylic acids is 2. The lowest BCUT2D eigenvalue weighted by molar-refractivity contribution is -0.144. The molecule has 1 aliphatic heterocycles. The normalized spacial score (nSPS) is 16.7. The molecule has 0 radical (unpaired) electrons. The van der Waals surface area contributed by atoms with Crippen LogP contribution in [-0.4, -0.2) is 66.7 Å². The highest BCUT2D eigenvalue weighted by Gasteiger charge is 2.35. The second-order valence-electron chi connectivity index (χ2n) is 9.66. The summed E-state index contributed by atoms with van der Waals surface area (Å²) in [6.45, 7) is 8.24. The summed E-state index contributed by atoms with van der Waals surface area (Å²) in [6.07, 6.45) is 4.79. The number of nitrogens with zero attached hydrogens (tertiary/aromatic N) is 6. The van der Waals surface area contributed by atoms with Crippen LogP contribution in [-0.2, 0) is 20.9 Å². The highest BCUT2D eigenvalue weighted by atomic mass is 16.5. The first-order valence-corrected chi connectivity index (χ1v) is 11.7. The molecule has 4 heterocycles. The molecule has 0 saturated carbocycles. The van der Waals surface area contributed by atoms with Gasteiger partial charge in [0.1, 0.15) is 18.3 Å². The van der Waals surface area contributed by atoms with E-state index in [1.165, 1.54) is 4.80 Å². The van der Waals surface area contributed by atoms with Crippen LogP contribution < -0.4 is 5.32 Å². The third kappa shape index (κ3) is 6.30. The van der Waals surface area contributed by atoms with Gasteiger partial charge in [0.05, 0.1) is 6.10 Å². The number of ether oxygens (including phenoxy) is 1. The number of carbonyl (C=O) groups is 2. The maximum Gasteiger partial charge on any atom is 0.247 e. The van der Waals surface area contributed by atoms with Gasteiger partial charge in [0.25, 0.3) is 0 Å². The number of nitrogens with one attached hydrogen (secondary N) is 1. The summed E-state index contributed by atoms with van der Waals surface area (Å²) in [5.41, 5.74) is 0.177. The summed E-state index contributed by atoms with van der Waals surface area (Å²) < 4.78 is 11.4. The van der Waals surface area contributed by atoms with Gasteiger partial charge in [0.2, 0.25) is 17.6 Å². The average molecular weight is 482 g/mol. The first-order chi connectivity index (χ1) is 16.7. The largest absolute Gasteiger partial charge is 0.458 e. The van der Waals surface area contributed by atoms with E-state index in [0.29, 0.717) is 17.9 Å². The highest BCUT2D eigenvalue weighted by Crippen LogP contribution is 2.25. The summed E-state index contributed by atoms with van der Waals surface area (Å²) in [5, 5.41) is 15.3. The fourth-order valence-electron chi connectivity index (χ4n) is 3.99. The van der Waals surface area contributed by atoms with Crippen LogP contribution in [0.25, 0.3) is 11.6 Å². The molecule has 1 saturated heterocycles. The van der Waals surface area contributed by atoms with Crippen molar-refractivity contribution in [1.29, 1.82) is 0 Å². The predicted octanol–water partition coefficient (Wildman–Crippen LogP) is 2.30. The van der Waals surface area contributed by atoms with E-state index in [1.807, 2.05) is 27.7 Å². The lowest BCUT2D eigenvalue weighted by Crippen LogP contribution is -2.51. The van der Waals surface area contributed by atoms with E-state index < -0.39 is 11.6 Å². The molecule has 3 aromatic rings. The number of pyridine rings is 1. The smallest absolute Gasteiger partial charge is 0.247 e. The van der Waals surface area contributed by atoms with E-state index in [2.05, 4.69) is 25.7 Å². The molecule has 1 N–H and O–H groups in total. The number of amides is 2. The van der Waals surface area contributed by atoms with Crippen LogP contribution in [0, 0.1) is 6.92 Å². The van der Waals surface area contributed by atoms with Gasteiger partial charge in [0.15, 0.2) is 5.76 Å². The van der Waals surface area contributed by atoms with Crippen molar-refractivity contribution in [2.75, 3.05) is 13.2 Å². The number of furan rings is 1. The fraction of sp³-hybridized carbons (Fsp3) is 0.500. The Morgan fingerprint density at radius 2 is 2.00 bits per heavy atom.